The second-order valence-electron chi connectivity index (χ2n) is 8.56. The molecular formula is C24H23N3O5. The molecule has 0 bridgehead atoms. The quantitative estimate of drug-likeness (QED) is 0.595. The van der Waals surface area contributed by atoms with Gasteiger partial charge < -0.3 is 10.4 Å². The lowest BCUT2D eigenvalue weighted by molar-refractivity contribution is -0.143. The zero-order valence-electron chi connectivity index (χ0n) is 17.3. The summed E-state index contributed by atoms with van der Waals surface area (Å²) in [6.07, 6.45) is 0.506. The molecule has 4 atom stereocenters. The number of hydrogen-bond acceptors (Lipinski definition) is 5. The smallest absolute Gasteiger partial charge is 0.303 e. The van der Waals surface area contributed by atoms with E-state index in [1.807, 2.05) is 30.3 Å². The van der Waals surface area contributed by atoms with Gasteiger partial charge >= 0.3 is 5.97 Å². The van der Waals surface area contributed by atoms with Crippen LogP contribution in [0.15, 0.2) is 54.6 Å². The van der Waals surface area contributed by atoms with Crippen LogP contribution in [0.1, 0.15) is 24.0 Å². The fourth-order valence-corrected chi connectivity index (χ4v) is 5.45. The first-order valence-corrected chi connectivity index (χ1v) is 10.7. The van der Waals surface area contributed by atoms with Gasteiger partial charge in [0.1, 0.15) is 5.54 Å². The molecule has 3 aliphatic rings. The third kappa shape index (κ3) is 2.94. The van der Waals surface area contributed by atoms with Crippen molar-refractivity contribution in [3.8, 4) is 0 Å². The van der Waals surface area contributed by atoms with Crippen LogP contribution in [0.25, 0.3) is 0 Å². The number of para-hydroxylation sites is 1. The molecule has 0 radical (unpaired) electrons. The molecule has 3 N–H and O–H groups in total. The van der Waals surface area contributed by atoms with Crippen molar-refractivity contribution >= 4 is 29.4 Å². The number of benzene rings is 2. The third-order valence-corrected chi connectivity index (χ3v) is 6.85. The Morgan fingerprint density at radius 1 is 1.00 bits per heavy atom. The second-order valence-corrected chi connectivity index (χ2v) is 8.56. The standard InChI is InChI=1S/C24H23N3O5/c28-18(29)11-10-17-19-20(24(26-17)15-8-4-5-9-16(15)25-23(24)32)22(31)27(21(19)30)13-12-14-6-2-1-3-7-14/h1-9,17,19-20,26H,10-13H2,(H,25,32)(H,28,29)/t17?,19-,20+,24?/m0/s1. The molecule has 2 aromatic rings. The van der Waals surface area contributed by atoms with E-state index in [4.69, 9.17) is 0 Å². The van der Waals surface area contributed by atoms with E-state index in [1.54, 1.807) is 24.3 Å². The average molecular weight is 433 g/mol. The molecule has 8 nitrogen and oxygen atoms in total. The molecule has 2 fully saturated rings. The molecule has 3 aliphatic heterocycles. The molecule has 2 aromatic carbocycles. The summed E-state index contributed by atoms with van der Waals surface area (Å²) in [6.45, 7) is 0.222. The molecule has 3 heterocycles. The molecule has 3 amide bonds. The molecular weight excluding hydrogens is 410 g/mol. The summed E-state index contributed by atoms with van der Waals surface area (Å²) in [5.74, 6) is -3.78. The van der Waals surface area contributed by atoms with Gasteiger partial charge in [0.2, 0.25) is 17.7 Å². The number of rotatable bonds is 6. The Morgan fingerprint density at radius 3 is 2.47 bits per heavy atom. The monoisotopic (exact) mass is 433 g/mol. The van der Waals surface area contributed by atoms with E-state index in [0.29, 0.717) is 17.7 Å². The van der Waals surface area contributed by atoms with Crippen LogP contribution in [-0.4, -0.2) is 46.3 Å². The van der Waals surface area contributed by atoms with Crippen LogP contribution in [-0.2, 0) is 31.1 Å². The zero-order valence-corrected chi connectivity index (χ0v) is 17.3. The number of amides is 3. The van der Waals surface area contributed by atoms with Gasteiger partial charge in [-0.3, -0.25) is 29.4 Å². The number of nitrogens with zero attached hydrogens (tertiary/aromatic N) is 1. The van der Waals surface area contributed by atoms with Crippen molar-refractivity contribution in [2.45, 2.75) is 30.8 Å². The maximum atomic E-state index is 13.6. The minimum Gasteiger partial charge on any atom is -0.481 e. The van der Waals surface area contributed by atoms with E-state index in [1.165, 1.54) is 4.90 Å². The Bertz CT molecular complexity index is 1120. The van der Waals surface area contributed by atoms with Crippen LogP contribution in [0.3, 0.4) is 0 Å². The number of carboxylic acid groups (broad SMARTS) is 1. The number of likely N-dealkylation sites (tertiary alicyclic amines) is 1. The lowest BCUT2D eigenvalue weighted by Crippen LogP contribution is -2.53. The summed E-state index contributed by atoms with van der Waals surface area (Å²) in [7, 11) is 0. The van der Waals surface area contributed by atoms with Gasteiger partial charge in [0, 0.05) is 30.3 Å². The molecule has 32 heavy (non-hydrogen) atoms. The van der Waals surface area contributed by atoms with Gasteiger partial charge in [0.15, 0.2) is 0 Å². The number of nitrogens with one attached hydrogen (secondary N) is 2. The fourth-order valence-electron chi connectivity index (χ4n) is 5.45. The first kappa shape index (κ1) is 20.4. The van der Waals surface area contributed by atoms with Crippen LogP contribution < -0.4 is 10.6 Å². The molecule has 0 saturated carbocycles. The Labute approximate surface area is 184 Å². The molecule has 0 aliphatic carbocycles. The van der Waals surface area contributed by atoms with Gasteiger partial charge in [-0.25, -0.2) is 0 Å². The van der Waals surface area contributed by atoms with Gasteiger partial charge in [-0.15, -0.1) is 0 Å². The normalized spacial score (nSPS) is 28.2. The highest BCUT2D eigenvalue weighted by Gasteiger charge is 2.70. The molecule has 8 heteroatoms. The average Bonchev–Trinajstić information content (AvgIpc) is 3.36. The Kier molecular flexibility index (Phi) is 4.82. The molecule has 1 spiro atoms. The van der Waals surface area contributed by atoms with E-state index in [2.05, 4.69) is 10.6 Å². The van der Waals surface area contributed by atoms with Crippen molar-refractivity contribution in [2.24, 2.45) is 11.8 Å². The van der Waals surface area contributed by atoms with Crippen LogP contribution in [0.4, 0.5) is 5.69 Å². The van der Waals surface area contributed by atoms with Crippen molar-refractivity contribution in [1.29, 1.82) is 0 Å². The molecule has 2 unspecified atom stereocenters. The fraction of sp³-hybridized carbons (Fsp3) is 0.333. The maximum absolute atomic E-state index is 13.6. The number of hydrogen-bond donors (Lipinski definition) is 3. The predicted molar refractivity (Wildman–Crippen MR) is 114 cm³/mol. The number of carbonyl (C=O) groups is 4. The first-order valence-electron chi connectivity index (χ1n) is 10.7. The van der Waals surface area contributed by atoms with Crippen LogP contribution in [0.5, 0.6) is 0 Å². The molecule has 2 saturated heterocycles. The van der Waals surface area contributed by atoms with Gasteiger partial charge in [0.25, 0.3) is 0 Å². The Hall–Kier alpha value is -3.52. The van der Waals surface area contributed by atoms with Crippen LogP contribution >= 0.6 is 0 Å². The SMILES string of the molecule is O=C(O)CCC1NC2(C(=O)Nc3ccccc32)[C@H]2C(=O)N(CCc3ccccc3)C(=O)[C@@H]12. The summed E-state index contributed by atoms with van der Waals surface area (Å²) in [6, 6.07) is 16.1. The third-order valence-electron chi connectivity index (χ3n) is 6.85. The lowest BCUT2D eigenvalue weighted by Gasteiger charge is -2.29. The highest BCUT2D eigenvalue weighted by atomic mass is 16.4. The van der Waals surface area contributed by atoms with E-state index < -0.39 is 29.4 Å². The van der Waals surface area contributed by atoms with Crippen molar-refractivity contribution in [3.63, 3.8) is 0 Å². The molecule has 5 rings (SSSR count). The first-order chi connectivity index (χ1) is 15.4. The van der Waals surface area contributed by atoms with E-state index in [0.717, 1.165) is 5.56 Å². The van der Waals surface area contributed by atoms with E-state index in [-0.39, 0.29) is 37.1 Å². The summed E-state index contributed by atoms with van der Waals surface area (Å²) in [5.41, 5.74) is 0.859. The van der Waals surface area contributed by atoms with Crippen LogP contribution in [0, 0.1) is 11.8 Å². The maximum Gasteiger partial charge on any atom is 0.303 e. The Morgan fingerprint density at radius 2 is 1.72 bits per heavy atom. The van der Waals surface area contributed by atoms with Crippen molar-refractivity contribution in [1.82, 2.24) is 10.2 Å². The van der Waals surface area contributed by atoms with Crippen molar-refractivity contribution < 1.29 is 24.3 Å². The van der Waals surface area contributed by atoms with Gasteiger partial charge in [0.05, 0.1) is 11.8 Å². The van der Waals surface area contributed by atoms with Gasteiger partial charge in [-0.2, -0.15) is 0 Å². The number of aliphatic carboxylic acids is 1. The number of carbonyl (C=O) groups excluding carboxylic acids is 3. The highest BCUT2D eigenvalue weighted by Crippen LogP contribution is 2.53. The molecule has 0 aromatic heterocycles. The van der Waals surface area contributed by atoms with Crippen molar-refractivity contribution in [2.75, 3.05) is 11.9 Å². The summed E-state index contributed by atoms with van der Waals surface area (Å²) in [4.78, 5) is 52.7. The van der Waals surface area contributed by atoms with Gasteiger partial charge in [-0.1, -0.05) is 48.5 Å². The predicted octanol–water partition coefficient (Wildman–Crippen LogP) is 1.51. The van der Waals surface area contributed by atoms with E-state index in [9.17, 15) is 24.3 Å². The summed E-state index contributed by atoms with van der Waals surface area (Å²) in [5, 5.41) is 15.3. The molecule has 164 valence electrons. The van der Waals surface area contributed by atoms with Gasteiger partial charge in [-0.05, 0) is 24.5 Å². The second kappa shape index (κ2) is 7.56. The highest BCUT2D eigenvalue weighted by molar-refractivity contribution is 6.15. The number of fused-ring (bicyclic) bond motifs is 4. The summed E-state index contributed by atoms with van der Waals surface area (Å²) >= 11 is 0. The van der Waals surface area contributed by atoms with Crippen molar-refractivity contribution in [3.05, 3.63) is 65.7 Å². The topological polar surface area (TPSA) is 116 Å². The number of imide groups is 1. The van der Waals surface area contributed by atoms with E-state index >= 15 is 0 Å². The summed E-state index contributed by atoms with van der Waals surface area (Å²) < 4.78 is 0. The minimum atomic E-state index is -1.38. The largest absolute Gasteiger partial charge is 0.481 e. The lowest BCUT2D eigenvalue weighted by atomic mass is 9.76. The number of anilines is 1. The van der Waals surface area contributed by atoms with Crippen LogP contribution in [0.2, 0.25) is 0 Å². The number of carboxylic acids is 1. The minimum absolute atomic E-state index is 0.152. The zero-order chi connectivity index (χ0) is 22.5. The Balaban J connectivity index is 1.51.